The molecule has 0 radical (unpaired) electrons. The molecule has 19 heavy (non-hydrogen) atoms. The molecule has 100 valence electrons. The van der Waals surface area contributed by atoms with Gasteiger partial charge in [-0.2, -0.15) is 0 Å². The molecular formula is C14H12Br3NO. The van der Waals surface area contributed by atoms with Gasteiger partial charge in [0.15, 0.2) is 0 Å². The molecular weight excluding hydrogens is 438 g/mol. The summed E-state index contributed by atoms with van der Waals surface area (Å²) < 4.78 is 2.43. The van der Waals surface area contributed by atoms with Crippen molar-refractivity contribution in [1.82, 2.24) is 0 Å². The zero-order chi connectivity index (χ0) is 14.0. The van der Waals surface area contributed by atoms with Crippen LogP contribution in [-0.2, 0) is 6.54 Å². The van der Waals surface area contributed by atoms with Crippen LogP contribution in [0.25, 0.3) is 0 Å². The monoisotopic (exact) mass is 447 g/mol. The van der Waals surface area contributed by atoms with Crippen LogP contribution >= 0.6 is 47.8 Å². The molecule has 2 N–H and O–H groups in total. The van der Waals surface area contributed by atoms with Crippen molar-refractivity contribution in [3.8, 4) is 5.75 Å². The predicted molar refractivity (Wildman–Crippen MR) is 89.7 cm³/mol. The molecule has 0 aliphatic heterocycles. The summed E-state index contributed by atoms with van der Waals surface area (Å²) in [5, 5.41) is 13.0. The first kappa shape index (κ1) is 14.9. The Hall–Kier alpha value is -0.520. The molecule has 2 aromatic rings. The third kappa shape index (κ3) is 3.97. The van der Waals surface area contributed by atoms with Crippen molar-refractivity contribution < 1.29 is 5.11 Å². The number of benzene rings is 2. The molecule has 0 aliphatic rings. The lowest BCUT2D eigenvalue weighted by atomic mass is 10.2. The summed E-state index contributed by atoms with van der Waals surface area (Å²) in [5.74, 6) is 0.224. The van der Waals surface area contributed by atoms with Gasteiger partial charge in [-0.15, -0.1) is 0 Å². The van der Waals surface area contributed by atoms with Gasteiger partial charge in [-0.05, 0) is 80.2 Å². The van der Waals surface area contributed by atoms with Gasteiger partial charge in [-0.3, -0.25) is 0 Å². The first-order valence-electron chi connectivity index (χ1n) is 5.63. The number of halogens is 3. The Kier molecular flexibility index (Phi) is 4.92. The summed E-state index contributed by atoms with van der Waals surface area (Å²) in [4.78, 5) is 0. The van der Waals surface area contributed by atoms with Gasteiger partial charge in [0.25, 0.3) is 0 Å². The average Bonchev–Trinajstić information content (AvgIpc) is 2.32. The topological polar surface area (TPSA) is 32.3 Å². The van der Waals surface area contributed by atoms with Gasteiger partial charge in [0.05, 0.1) is 8.95 Å². The third-order valence-electron chi connectivity index (χ3n) is 2.62. The molecule has 2 aromatic carbocycles. The lowest BCUT2D eigenvalue weighted by molar-refractivity contribution is 0.468. The number of aryl methyl sites for hydroxylation is 1. The minimum atomic E-state index is 0.224. The summed E-state index contributed by atoms with van der Waals surface area (Å²) in [6.45, 7) is 2.75. The lowest BCUT2D eigenvalue weighted by Gasteiger charge is -2.10. The average molecular weight is 450 g/mol. The molecule has 2 rings (SSSR count). The van der Waals surface area contributed by atoms with E-state index in [1.165, 1.54) is 5.56 Å². The molecule has 0 spiro atoms. The zero-order valence-corrected chi connectivity index (χ0v) is 14.9. The Morgan fingerprint density at radius 1 is 1.00 bits per heavy atom. The van der Waals surface area contributed by atoms with Gasteiger partial charge in [0.1, 0.15) is 5.75 Å². The van der Waals surface area contributed by atoms with Crippen molar-refractivity contribution in [2.75, 3.05) is 5.32 Å². The van der Waals surface area contributed by atoms with Gasteiger partial charge in [0.2, 0.25) is 0 Å². The van der Waals surface area contributed by atoms with E-state index in [0.717, 1.165) is 15.7 Å². The minimum absolute atomic E-state index is 0.224. The summed E-state index contributed by atoms with van der Waals surface area (Å²) in [5.41, 5.74) is 3.34. The first-order chi connectivity index (χ1) is 8.95. The molecule has 0 saturated carbocycles. The van der Waals surface area contributed by atoms with Crippen LogP contribution in [-0.4, -0.2) is 5.11 Å². The molecule has 0 fully saturated rings. The maximum Gasteiger partial charge on any atom is 0.143 e. The van der Waals surface area contributed by atoms with Crippen LogP contribution < -0.4 is 5.32 Å². The van der Waals surface area contributed by atoms with E-state index >= 15 is 0 Å². The Morgan fingerprint density at radius 3 is 2.21 bits per heavy atom. The highest BCUT2D eigenvalue weighted by Gasteiger charge is 2.06. The van der Waals surface area contributed by atoms with Gasteiger partial charge >= 0.3 is 0 Å². The van der Waals surface area contributed by atoms with Crippen LogP contribution in [0.15, 0.2) is 43.7 Å². The maximum absolute atomic E-state index is 9.67. The second-order valence-electron chi connectivity index (χ2n) is 4.28. The van der Waals surface area contributed by atoms with Crippen LogP contribution in [0.2, 0.25) is 0 Å². The van der Waals surface area contributed by atoms with Crippen molar-refractivity contribution in [3.63, 3.8) is 0 Å². The predicted octanol–water partition coefficient (Wildman–Crippen LogP) is 5.60. The van der Waals surface area contributed by atoms with Gasteiger partial charge in [-0.1, -0.05) is 15.9 Å². The van der Waals surface area contributed by atoms with Crippen molar-refractivity contribution in [2.45, 2.75) is 13.5 Å². The van der Waals surface area contributed by atoms with Crippen LogP contribution in [0, 0.1) is 6.92 Å². The summed E-state index contributed by atoms with van der Waals surface area (Å²) >= 11 is 10.1. The number of hydrogen-bond donors (Lipinski definition) is 2. The second-order valence-corrected chi connectivity index (χ2v) is 6.90. The summed E-state index contributed by atoms with van der Waals surface area (Å²) in [6, 6.07) is 10.0. The van der Waals surface area contributed by atoms with E-state index in [2.05, 4.69) is 72.2 Å². The van der Waals surface area contributed by atoms with Crippen molar-refractivity contribution >= 4 is 53.5 Å². The molecule has 0 aliphatic carbocycles. The van der Waals surface area contributed by atoms with Crippen molar-refractivity contribution in [1.29, 1.82) is 0 Å². The molecule has 0 atom stereocenters. The van der Waals surface area contributed by atoms with Gasteiger partial charge in [-0.25, -0.2) is 0 Å². The maximum atomic E-state index is 9.67. The molecule has 0 aromatic heterocycles. The van der Waals surface area contributed by atoms with Gasteiger partial charge in [0, 0.05) is 16.7 Å². The SMILES string of the molecule is Cc1cc(Br)cc(NCc2cc(Br)c(O)c(Br)c2)c1. The van der Waals surface area contributed by atoms with E-state index in [1.807, 2.05) is 18.2 Å². The minimum Gasteiger partial charge on any atom is -0.506 e. The van der Waals surface area contributed by atoms with Crippen LogP contribution in [0.1, 0.15) is 11.1 Å². The summed E-state index contributed by atoms with van der Waals surface area (Å²) in [6.07, 6.45) is 0. The molecule has 0 bridgehead atoms. The van der Waals surface area contributed by atoms with E-state index in [1.54, 1.807) is 0 Å². The molecule has 2 nitrogen and oxygen atoms in total. The summed E-state index contributed by atoms with van der Waals surface area (Å²) in [7, 11) is 0. The highest BCUT2D eigenvalue weighted by molar-refractivity contribution is 9.11. The fraction of sp³-hybridized carbons (Fsp3) is 0.143. The Balaban J connectivity index is 2.14. The standard InChI is InChI=1S/C14H12Br3NO/c1-8-2-10(15)6-11(3-8)18-7-9-4-12(16)14(19)13(17)5-9/h2-6,18-19H,7H2,1H3. The highest BCUT2D eigenvalue weighted by atomic mass is 79.9. The molecule has 0 saturated heterocycles. The molecule has 5 heteroatoms. The van der Waals surface area contributed by atoms with E-state index in [-0.39, 0.29) is 5.75 Å². The first-order valence-corrected chi connectivity index (χ1v) is 8.01. The van der Waals surface area contributed by atoms with E-state index in [9.17, 15) is 5.11 Å². The number of nitrogens with one attached hydrogen (secondary N) is 1. The second kappa shape index (κ2) is 6.29. The van der Waals surface area contributed by atoms with Crippen LogP contribution in [0.5, 0.6) is 5.75 Å². The van der Waals surface area contributed by atoms with Crippen LogP contribution in [0.3, 0.4) is 0 Å². The van der Waals surface area contributed by atoms with E-state index in [0.29, 0.717) is 15.5 Å². The Labute approximate surface area is 137 Å². The number of aromatic hydroxyl groups is 1. The lowest BCUT2D eigenvalue weighted by Crippen LogP contribution is -2.00. The third-order valence-corrected chi connectivity index (χ3v) is 4.28. The fourth-order valence-corrected chi connectivity index (χ4v) is 3.65. The van der Waals surface area contributed by atoms with Crippen molar-refractivity contribution in [2.24, 2.45) is 0 Å². The number of anilines is 1. The largest absolute Gasteiger partial charge is 0.506 e. The zero-order valence-electron chi connectivity index (χ0n) is 10.2. The van der Waals surface area contributed by atoms with Crippen molar-refractivity contribution in [3.05, 3.63) is 54.9 Å². The van der Waals surface area contributed by atoms with E-state index in [4.69, 9.17) is 0 Å². The normalized spacial score (nSPS) is 10.5. The highest BCUT2D eigenvalue weighted by Crippen LogP contribution is 2.33. The Bertz CT molecular complexity index is 570. The molecule has 0 amide bonds. The number of phenols is 1. The Morgan fingerprint density at radius 2 is 1.63 bits per heavy atom. The smallest absolute Gasteiger partial charge is 0.143 e. The van der Waals surface area contributed by atoms with Crippen LogP contribution in [0.4, 0.5) is 5.69 Å². The quantitative estimate of drug-likeness (QED) is 0.639. The van der Waals surface area contributed by atoms with Gasteiger partial charge < -0.3 is 10.4 Å². The molecule has 0 heterocycles. The number of phenolic OH excluding ortho intramolecular Hbond substituents is 1. The molecule has 0 unspecified atom stereocenters. The number of hydrogen-bond acceptors (Lipinski definition) is 2. The fourth-order valence-electron chi connectivity index (χ4n) is 1.76. The number of rotatable bonds is 3. The van der Waals surface area contributed by atoms with E-state index < -0.39 is 0 Å².